The van der Waals surface area contributed by atoms with E-state index in [0.29, 0.717) is 6.54 Å². The van der Waals surface area contributed by atoms with Gasteiger partial charge >= 0.3 is 5.69 Å². The minimum atomic E-state index is -0.299. The van der Waals surface area contributed by atoms with Crippen LogP contribution >= 0.6 is 0 Å². The first-order valence-corrected chi connectivity index (χ1v) is 10.7. The predicted octanol–water partition coefficient (Wildman–Crippen LogP) is 5.29. The van der Waals surface area contributed by atoms with E-state index >= 15 is 0 Å². The van der Waals surface area contributed by atoms with Gasteiger partial charge in [-0.1, -0.05) is 36.4 Å². The van der Waals surface area contributed by atoms with Gasteiger partial charge in [-0.05, 0) is 47.5 Å². The van der Waals surface area contributed by atoms with Gasteiger partial charge in [0.15, 0.2) is 0 Å². The smallest absolute Gasteiger partial charge is 0.294 e. The summed E-state index contributed by atoms with van der Waals surface area (Å²) in [5.41, 5.74) is 6.05. The van der Waals surface area contributed by atoms with Crippen LogP contribution in [0.3, 0.4) is 0 Å². The molecule has 5 nitrogen and oxygen atoms in total. The molecule has 0 aliphatic rings. The van der Waals surface area contributed by atoms with Gasteiger partial charge < -0.3 is 0 Å². The first-order chi connectivity index (χ1) is 16.1. The number of imidazole rings is 1. The number of benzene rings is 3. The Bertz CT molecular complexity index is 1730. The van der Waals surface area contributed by atoms with Gasteiger partial charge in [0.25, 0.3) is 0 Å². The number of hydrogen-bond acceptors (Lipinski definition) is 3. The molecule has 3 aromatic carbocycles. The van der Waals surface area contributed by atoms with E-state index in [9.17, 15) is 9.18 Å². The van der Waals surface area contributed by atoms with Crippen molar-refractivity contribution in [1.82, 2.24) is 19.1 Å². The van der Waals surface area contributed by atoms with Crippen molar-refractivity contribution in [3.05, 3.63) is 107 Å². The summed E-state index contributed by atoms with van der Waals surface area (Å²) in [5.74, 6) is -0.299. The molecule has 0 amide bonds. The summed E-state index contributed by atoms with van der Waals surface area (Å²) in [5, 5.41) is 1.97. The number of pyridine rings is 2. The molecule has 0 N–H and O–H groups in total. The molecule has 3 aromatic heterocycles. The highest BCUT2D eigenvalue weighted by Gasteiger charge is 2.15. The Labute approximate surface area is 188 Å². The summed E-state index contributed by atoms with van der Waals surface area (Å²) in [6.45, 7) is 0.345. The third-order valence-corrected chi connectivity index (χ3v) is 6.14. The molecule has 0 aliphatic carbocycles. The number of fused-ring (bicyclic) bond motifs is 4. The quantitative estimate of drug-likeness (QED) is 0.380. The topological polar surface area (TPSA) is 52.7 Å². The minimum Gasteiger partial charge on any atom is -0.294 e. The average Bonchev–Trinajstić information content (AvgIpc) is 3.09. The summed E-state index contributed by atoms with van der Waals surface area (Å²) in [6.07, 6.45) is 3.61. The molecule has 0 bridgehead atoms. The van der Waals surface area contributed by atoms with Crippen LogP contribution in [0.4, 0.5) is 4.39 Å². The van der Waals surface area contributed by atoms with Gasteiger partial charge in [-0.2, -0.15) is 0 Å². The lowest BCUT2D eigenvalue weighted by molar-refractivity contribution is 0.626. The zero-order chi connectivity index (χ0) is 22.5. The number of aryl methyl sites for hydroxylation is 1. The van der Waals surface area contributed by atoms with E-state index < -0.39 is 0 Å². The molecule has 0 spiro atoms. The van der Waals surface area contributed by atoms with Gasteiger partial charge in [0, 0.05) is 29.6 Å². The molecule has 0 unspecified atom stereocenters. The Hall–Kier alpha value is -4.32. The summed E-state index contributed by atoms with van der Waals surface area (Å²) >= 11 is 0. The molecule has 0 fully saturated rings. The van der Waals surface area contributed by atoms with Gasteiger partial charge in [0.1, 0.15) is 5.82 Å². The van der Waals surface area contributed by atoms with E-state index in [4.69, 9.17) is 0 Å². The summed E-state index contributed by atoms with van der Waals surface area (Å²) < 4.78 is 16.7. The Kier molecular flexibility index (Phi) is 4.33. The fraction of sp³-hybridized carbons (Fsp3) is 0.0741. The molecule has 0 saturated heterocycles. The second-order valence-corrected chi connectivity index (χ2v) is 8.19. The van der Waals surface area contributed by atoms with Crippen molar-refractivity contribution in [2.24, 2.45) is 7.05 Å². The molecule has 3 heterocycles. The number of hydrogen-bond donors (Lipinski definition) is 0. The molecular weight excluding hydrogens is 415 g/mol. The second-order valence-electron chi connectivity index (χ2n) is 8.19. The molecule has 6 heteroatoms. The van der Waals surface area contributed by atoms with Gasteiger partial charge in [-0.25, -0.2) is 9.18 Å². The van der Waals surface area contributed by atoms with Crippen LogP contribution in [0.5, 0.6) is 0 Å². The summed E-state index contributed by atoms with van der Waals surface area (Å²) in [6, 6.07) is 22.4. The number of rotatable bonds is 3. The van der Waals surface area contributed by atoms with Crippen LogP contribution in [0.1, 0.15) is 5.56 Å². The summed E-state index contributed by atoms with van der Waals surface area (Å²) in [7, 11) is 1.77. The fourth-order valence-corrected chi connectivity index (χ4v) is 4.43. The molecular formula is C27H19FN4O. The number of nitrogens with zero attached hydrogens (tertiary/aromatic N) is 4. The summed E-state index contributed by atoms with van der Waals surface area (Å²) in [4.78, 5) is 22.3. The molecule has 0 atom stereocenters. The maximum absolute atomic E-state index is 13.3. The van der Waals surface area contributed by atoms with Crippen LogP contribution in [0.15, 0.2) is 90.0 Å². The lowest BCUT2D eigenvalue weighted by atomic mass is 10.0. The standard InChI is InChI=1S/C27H19FN4O/c1-31-26-22-13-18(20-12-19-4-2-3-5-23(19)29-14-20)8-11-24(22)30-15-25(26)32(27(31)33)16-17-6-9-21(28)10-7-17/h2-15H,16H2,1H3. The van der Waals surface area contributed by atoms with Gasteiger partial charge in [-0.3, -0.25) is 19.1 Å². The minimum absolute atomic E-state index is 0.138. The second kappa shape index (κ2) is 7.38. The van der Waals surface area contributed by atoms with Crippen LogP contribution in [0.2, 0.25) is 0 Å². The van der Waals surface area contributed by atoms with Crippen molar-refractivity contribution in [1.29, 1.82) is 0 Å². The SMILES string of the molecule is Cn1c(=O)n(Cc2ccc(F)cc2)c2cnc3ccc(-c4cnc5ccccc5c4)cc3c21. The lowest BCUT2D eigenvalue weighted by Crippen LogP contribution is -2.22. The lowest BCUT2D eigenvalue weighted by Gasteiger charge is -2.07. The van der Waals surface area contributed by atoms with Crippen LogP contribution in [0, 0.1) is 5.82 Å². The maximum atomic E-state index is 13.3. The van der Waals surface area contributed by atoms with Crippen LogP contribution in [-0.2, 0) is 13.6 Å². The monoisotopic (exact) mass is 434 g/mol. The highest BCUT2D eigenvalue weighted by Crippen LogP contribution is 2.29. The van der Waals surface area contributed by atoms with Crippen LogP contribution in [-0.4, -0.2) is 19.1 Å². The average molecular weight is 434 g/mol. The normalized spacial score (nSPS) is 11.6. The van der Waals surface area contributed by atoms with Gasteiger partial charge in [0.2, 0.25) is 0 Å². The molecule has 6 rings (SSSR count). The molecule has 0 saturated carbocycles. The number of aromatic nitrogens is 4. The fourth-order valence-electron chi connectivity index (χ4n) is 4.43. The van der Waals surface area contributed by atoms with E-state index in [2.05, 4.69) is 22.1 Å². The van der Waals surface area contributed by atoms with Gasteiger partial charge in [0.05, 0.1) is 34.8 Å². The zero-order valence-corrected chi connectivity index (χ0v) is 17.9. The molecule has 0 aliphatic heterocycles. The third-order valence-electron chi connectivity index (χ3n) is 6.14. The first kappa shape index (κ1) is 19.4. The predicted molar refractivity (Wildman–Crippen MR) is 129 cm³/mol. The van der Waals surface area contributed by atoms with E-state index in [1.807, 2.05) is 42.6 Å². The van der Waals surface area contributed by atoms with Crippen molar-refractivity contribution in [3.63, 3.8) is 0 Å². The highest BCUT2D eigenvalue weighted by molar-refractivity contribution is 6.04. The Balaban J connectivity index is 1.54. The van der Waals surface area contributed by atoms with E-state index in [-0.39, 0.29) is 11.5 Å². The van der Waals surface area contributed by atoms with Crippen molar-refractivity contribution in [2.75, 3.05) is 0 Å². The van der Waals surface area contributed by atoms with E-state index in [0.717, 1.165) is 49.5 Å². The Morgan fingerprint density at radius 2 is 1.64 bits per heavy atom. The van der Waals surface area contributed by atoms with Crippen molar-refractivity contribution >= 4 is 32.8 Å². The number of halogens is 1. The van der Waals surface area contributed by atoms with Crippen LogP contribution in [0.25, 0.3) is 44.0 Å². The molecule has 0 radical (unpaired) electrons. The number of para-hydroxylation sites is 1. The maximum Gasteiger partial charge on any atom is 0.329 e. The van der Waals surface area contributed by atoms with E-state index in [1.54, 1.807) is 34.5 Å². The molecule has 160 valence electrons. The van der Waals surface area contributed by atoms with Crippen LogP contribution < -0.4 is 5.69 Å². The van der Waals surface area contributed by atoms with Crippen molar-refractivity contribution in [3.8, 4) is 11.1 Å². The zero-order valence-electron chi connectivity index (χ0n) is 17.9. The molecule has 33 heavy (non-hydrogen) atoms. The Morgan fingerprint density at radius 1 is 0.848 bits per heavy atom. The van der Waals surface area contributed by atoms with E-state index in [1.165, 1.54) is 12.1 Å². The third kappa shape index (κ3) is 3.19. The first-order valence-electron chi connectivity index (χ1n) is 10.7. The molecule has 6 aromatic rings. The van der Waals surface area contributed by atoms with Gasteiger partial charge in [-0.15, -0.1) is 0 Å². The Morgan fingerprint density at radius 3 is 2.48 bits per heavy atom. The largest absolute Gasteiger partial charge is 0.329 e. The van der Waals surface area contributed by atoms with Crippen molar-refractivity contribution < 1.29 is 4.39 Å². The highest BCUT2D eigenvalue weighted by atomic mass is 19.1. The van der Waals surface area contributed by atoms with Crippen molar-refractivity contribution in [2.45, 2.75) is 6.54 Å².